The van der Waals surface area contributed by atoms with Crippen LogP contribution in [0.4, 0.5) is 0 Å². The Hall–Kier alpha value is -2.27. The van der Waals surface area contributed by atoms with Crippen molar-refractivity contribution in [2.24, 2.45) is 5.92 Å². The number of hydrogen-bond donors (Lipinski definition) is 3. The van der Waals surface area contributed by atoms with Crippen LogP contribution < -0.4 is 14.9 Å². The summed E-state index contributed by atoms with van der Waals surface area (Å²) in [7, 11) is -4.09. The van der Waals surface area contributed by atoms with E-state index < -0.39 is 38.2 Å². The van der Waals surface area contributed by atoms with E-state index in [1.807, 2.05) is 20.0 Å². The number of aliphatic hydroxyl groups excluding tert-OH is 1. The van der Waals surface area contributed by atoms with Gasteiger partial charge < -0.3 is 24.4 Å². The van der Waals surface area contributed by atoms with Gasteiger partial charge in [0.2, 0.25) is 0 Å². The van der Waals surface area contributed by atoms with Gasteiger partial charge in [-0.3, -0.25) is 14.2 Å². The van der Waals surface area contributed by atoms with E-state index in [1.54, 1.807) is 49.1 Å². The summed E-state index contributed by atoms with van der Waals surface area (Å²) >= 11 is 5.42. The van der Waals surface area contributed by atoms with E-state index in [-0.39, 0.29) is 24.4 Å². The van der Waals surface area contributed by atoms with Crippen molar-refractivity contribution in [2.45, 2.75) is 65.2 Å². The van der Waals surface area contributed by atoms with E-state index in [9.17, 15) is 14.5 Å². The summed E-state index contributed by atoms with van der Waals surface area (Å²) in [5.74, 6) is -0.676. The second-order valence-corrected chi connectivity index (χ2v) is 11.2. The molecule has 0 aliphatic carbocycles. The number of thiocarbonyl (C=S) groups is 1. The standard InChI is InChI=1S/C24H34N3O7PS/c1-14(2)32-23(29)18(6)26-35(30,34-19-10-8-7-9-11-19)31-13-20-21(28)16(4)22(33-20)27-12-15(3)17(5)25-24(27)36/h7-12,14,16,18,20-22,28H,5,13H2,1-4,6H3,(H,25,36)(H,26,30)/t16?,18-,20?,21-,22-,35?/m0/s1. The average molecular weight is 540 g/mol. The Morgan fingerprint density at radius 1 is 1.33 bits per heavy atom. The highest BCUT2D eigenvalue weighted by Crippen LogP contribution is 2.46. The molecule has 0 aromatic heterocycles. The Morgan fingerprint density at radius 2 is 2.00 bits per heavy atom. The van der Waals surface area contributed by atoms with Gasteiger partial charge in [-0.15, -0.1) is 0 Å². The van der Waals surface area contributed by atoms with Crippen molar-refractivity contribution in [1.29, 1.82) is 0 Å². The second-order valence-electron chi connectivity index (χ2n) is 9.08. The Morgan fingerprint density at radius 3 is 2.64 bits per heavy atom. The van der Waals surface area contributed by atoms with Crippen molar-refractivity contribution < 1.29 is 33.0 Å². The molecule has 3 N–H and O–H groups in total. The van der Waals surface area contributed by atoms with E-state index in [0.717, 1.165) is 5.57 Å². The molecule has 0 saturated carbocycles. The average Bonchev–Trinajstić information content (AvgIpc) is 3.08. The molecule has 10 nitrogen and oxygen atoms in total. The quantitative estimate of drug-likeness (QED) is 0.230. The molecular weight excluding hydrogens is 505 g/mol. The van der Waals surface area contributed by atoms with Crippen molar-refractivity contribution in [3.63, 3.8) is 0 Å². The van der Waals surface area contributed by atoms with Crippen LogP contribution in [-0.4, -0.2) is 58.3 Å². The summed E-state index contributed by atoms with van der Waals surface area (Å²) in [6.07, 6.45) is -0.892. The van der Waals surface area contributed by atoms with Gasteiger partial charge in [0.05, 0.1) is 18.8 Å². The highest BCUT2D eigenvalue weighted by atomic mass is 32.1. The normalized spacial score (nSPS) is 26.8. The third kappa shape index (κ3) is 6.94. The molecule has 0 bridgehead atoms. The van der Waals surface area contributed by atoms with Crippen LogP contribution in [0.2, 0.25) is 0 Å². The Kier molecular flexibility index (Phi) is 9.32. The molecule has 36 heavy (non-hydrogen) atoms. The van der Waals surface area contributed by atoms with Crippen molar-refractivity contribution >= 4 is 31.0 Å². The van der Waals surface area contributed by atoms with E-state index in [2.05, 4.69) is 17.0 Å². The van der Waals surface area contributed by atoms with Gasteiger partial charge >= 0.3 is 13.7 Å². The lowest BCUT2D eigenvalue weighted by Gasteiger charge is -2.34. The van der Waals surface area contributed by atoms with Crippen molar-refractivity contribution in [1.82, 2.24) is 15.3 Å². The first-order chi connectivity index (χ1) is 16.9. The fourth-order valence-electron chi connectivity index (χ4n) is 3.68. The number of rotatable bonds is 10. The largest absolute Gasteiger partial charge is 0.462 e. The lowest BCUT2D eigenvalue weighted by molar-refractivity contribution is -0.149. The predicted octanol–water partition coefficient (Wildman–Crippen LogP) is 3.45. The third-order valence-corrected chi connectivity index (χ3v) is 7.65. The second kappa shape index (κ2) is 11.9. The molecule has 2 aliphatic rings. The molecule has 3 rings (SSSR count). The Balaban J connectivity index is 1.73. The van der Waals surface area contributed by atoms with Gasteiger partial charge in [-0.05, 0) is 57.6 Å². The molecule has 12 heteroatoms. The number of aliphatic hydroxyl groups is 1. The van der Waals surface area contributed by atoms with Crippen LogP contribution in [0.1, 0.15) is 34.6 Å². The summed E-state index contributed by atoms with van der Waals surface area (Å²) in [6, 6.07) is 7.45. The maximum absolute atomic E-state index is 13.7. The molecule has 6 atom stereocenters. The summed E-state index contributed by atoms with van der Waals surface area (Å²) in [5.41, 5.74) is 1.57. The molecule has 1 aromatic carbocycles. The molecule has 0 amide bonds. The van der Waals surface area contributed by atoms with E-state index >= 15 is 0 Å². The fourth-order valence-corrected chi connectivity index (χ4v) is 5.46. The van der Waals surface area contributed by atoms with Gasteiger partial charge in [0.1, 0.15) is 24.1 Å². The smallest absolute Gasteiger partial charge is 0.459 e. The molecule has 2 aliphatic heterocycles. The number of carbonyl (C=O) groups excluding carboxylic acids is 1. The van der Waals surface area contributed by atoms with Gasteiger partial charge in [-0.25, -0.2) is 4.57 Å². The molecule has 2 heterocycles. The maximum atomic E-state index is 13.7. The highest BCUT2D eigenvalue weighted by Gasteiger charge is 2.46. The van der Waals surface area contributed by atoms with Crippen LogP contribution in [0.15, 0.2) is 54.4 Å². The van der Waals surface area contributed by atoms with E-state index in [4.69, 9.17) is 30.7 Å². The molecule has 198 valence electrons. The predicted molar refractivity (Wildman–Crippen MR) is 139 cm³/mol. The zero-order valence-electron chi connectivity index (χ0n) is 21.0. The van der Waals surface area contributed by atoms with Crippen LogP contribution in [0.25, 0.3) is 0 Å². The zero-order valence-corrected chi connectivity index (χ0v) is 22.8. The molecule has 3 unspecified atom stereocenters. The number of carbonyl (C=O) groups is 1. The number of hydrogen-bond acceptors (Lipinski definition) is 8. The summed E-state index contributed by atoms with van der Waals surface area (Å²) in [5, 5.41) is 16.9. The van der Waals surface area contributed by atoms with Gasteiger partial charge in [0.15, 0.2) is 5.11 Å². The minimum Gasteiger partial charge on any atom is -0.462 e. The number of nitrogens with zero attached hydrogens (tertiary/aromatic N) is 1. The van der Waals surface area contributed by atoms with Crippen molar-refractivity contribution in [2.75, 3.05) is 6.61 Å². The molecule has 1 saturated heterocycles. The molecule has 1 fully saturated rings. The van der Waals surface area contributed by atoms with E-state index in [0.29, 0.717) is 10.8 Å². The lowest BCUT2D eigenvalue weighted by atomic mass is 10.0. The molecule has 0 spiro atoms. The van der Waals surface area contributed by atoms with Crippen LogP contribution in [0.3, 0.4) is 0 Å². The fraction of sp³-hybridized carbons (Fsp3) is 0.500. The Labute approximate surface area is 217 Å². The SMILES string of the molecule is C=C1NC(=S)N([C@H]2OC(COP(=O)(N[C@@H](C)C(=O)OC(C)C)Oc3ccccc3)[C@@H](O)C2C)C=C1C. The summed E-state index contributed by atoms with van der Waals surface area (Å²) in [6.45, 7) is 12.3. The zero-order chi connectivity index (χ0) is 26.6. The summed E-state index contributed by atoms with van der Waals surface area (Å²) < 4.78 is 36.3. The number of allylic oxidation sites excluding steroid dienone is 1. The topological polar surface area (TPSA) is 119 Å². The first kappa shape index (κ1) is 28.3. The van der Waals surface area contributed by atoms with Gasteiger partial charge in [0, 0.05) is 17.8 Å². The maximum Gasteiger partial charge on any atom is 0.459 e. The van der Waals surface area contributed by atoms with Crippen LogP contribution >= 0.6 is 20.0 Å². The number of nitrogens with one attached hydrogen (secondary N) is 2. The van der Waals surface area contributed by atoms with Gasteiger partial charge in [-0.1, -0.05) is 31.7 Å². The van der Waals surface area contributed by atoms with Crippen LogP contribution in [0.5, 0.6) is 5.75 Å². The molecule has 0 radical (unpaired) electrons. The molecular formula is C24H34N3O7PS. The number of para-hydroxylation sites is 1. The number of esters is 1. The lowest BCUT2D eigenvalue weighted by Crippen LogP contribution is -2.47. The monoisotopic (exact) mass is 539 g/mol. The molecule has 1 aromatic rings. The van der Waals surface area contributed by atoms with Gasteiger partial charge in [0.25, 0.3) is 0 Å². The van der Waals surface area contributed by atoms with Crippen LogP contribution in [0, 0.1) is 5.92 Å². The van der Waals surface area contributed by atoms with Crippen LogP contribution in [-0.2, 0) is 23.4 Å². The Bertz CT molecular complexity index is 1050. The number of benzene rings is 1. The van der Waals surface area contributed by atoms with E-state index in [1.165, 1.54) is 6.92 Å². The van der Waals surface area contributed by atoms with Crippen molar-refractivity contribution in [3.8, 4) is 5.75 Å². The minimum absolute atomic E-state index is 0.269. The van der Waals surface area contributed by atoms with Crippen molar-refractivity contribution in [3.05, 3.63) is 54.4 Å². The first-order valence-corrected chi connectivity index (χ1v) is 13.6. The summed E-state index contributed by atoms with van der Waals surface area (Å²) in [4.78, 5) is 14.0. The number of ether oxygens (including phenoxy) is 2. The minimum atomic E-state index is -4.09. The highest BCUT2D eigenvalue weighted by molar-refractivity contribution is 7.80. The first-order valence-electron chi connectivity index (χ1n) is 11.7. The van der Waals surface area contributed by atoms with Gasteiger partial charge in [-0.2, -0.15) is 5.09 Å². The third-order valence-electron chi connectivity index (χ3n) is 5.69.